The van der Waals surface area contributed by atoms with Crippen molar-refractivity contribution in [3.8, 4) is 10.4 Å². The minimum Gasteiger partial charge on any atom is -0.380 e. The number of carbonyl (C=O) groups is 1. The van der Waals surface area contributed by atoms with Gasteiger partial charge in [-0.25, -0.2) is 4.98 Å². The summed E-state index contributed by atoms with van der Waals surface area (Å²) in [6.07, 6.45) is 4.64. The van der Waals surface area contributed by atoms with Gasteiger partial charge in [-0.05, 0) is 43.7 Å². The number of hydrogen-bond acceptors (Lipinski definition) is 4. The lowest BCUT2D eigenvalue weighted by molar-refractivity contribution is -0.133. The molecule has 1 aliphatic carbocycles. The van der Waals surface area contributed by atoms with Gasteiger partial charge >= 0.3 is 0 Å². The molecule has 0 aliphatic heterocycles. The fourth-order valence-corrected chi connectivity index (χ4v) is 3.61. The van der Waals surface area contributed by atoms with E-state index in [1.165, 1.54) is 16.9 Å². The first-order valence-corrected chi connectivity index (χ1v) is 7.96. The molecular weight excluding hydrogens is 284 g/mol. The second-order valence-corrected chi connectivity index (χ2v) is 6.57. The zero-order valence-electron chi connectivity index (χ0n) is 11.9. The summed E-state index contributed by atoms with van der Waals surface area (Å²) in [7, 11) is 0. The molecule has 1 saturated carbocycles. The van der Waals surface area contributed by atoms with Crippen LogP contribution >= 0.6 is 11.3 Å². The van der Waals surface area contributed by atoms with Crippen molar-refractivity contribution in [2.75, 3.05) is 5.32 Å². The topological polar surface area (TPSA) is 62.2 Å². The highest BCUT2D eigenvalue weighted by atomic mass is 32.1. The highest BCUT2D eigenvalue weighted by Crippen LogP contribution is 2.33. The van der Waals surface area contributed by atoms with Crippen LogP contribution in [-0.2, 0) is 4.79 Å². The number of aromatic nitrogens is 1. The van der Waals surface area contributed by atoms with E-state index in [0.717, 1.165) is 23.3 Å². The van der Waals surface area contributed by atoms with Gasteiger partial charge in [0.15, 0.2) is 5.13 Å². The molecule has 1 fully saturated rings. The van der Waals surface area contributed by atoms with Crippen molar-refractivity contribution in [2.24, 2.45) is 0 Å². The van der Waals surface area contributed by atoms with Gasteiger partial charge in [0.25, 0.3) is 5.91 Å². The summed E-state index contributed by atoms with van der Waals surface area (Å²) in [5.41, 5.74) is 1.08. The number of thiazole rings is 1. The van der Waals surface area contributed by atoms with Crippen molar-refractivity contribution in [3.63, 3.8) is 0 Å². The number of hydrogen-bond donors (Lipinski definition) is 2. The van der Waals surface area contributed by atoms with Crippen LogP contribution in [0.25, 0.3) is 10.4 Å². The summed E-state index contributed by atoms with van der Waals surface area (Å²) in [6, 6.07) is 8.08. The average molecular weight is 302 g/mol. The molecule has 2 aromatic rings. The van der Waals surface area contributed by atoms with Gasteiger partial charge in [0.05, 0.1) is 4.88 Å². The highest BCUT2D eigenvalue weighted by molar-refractivity contribution is 7.19. The second kappa shape index (κ2) is 5.58. The minimum atomic E-state index is -1.21. The van der Waals surface area contributed by atoms with Gasteiger partial charge in [-0.3, -0.25) is 10.1 Å². The average Bonchev–Trinajstić information content (AvgIpc) is 3.09. The van der Waals surface area contributed by atoms with Gasteiger partial charge in [0.2, 0.25) is 0 Å². The number of anilines is 1. The Morgan fingerprint density at radius 3 is 2.76 bits per heavy atom. The summed E-state index contributed by atoms with van der Waals surface area (Å²) in [5, 5.41) is 13.5. The molecule has 0 spiro atoms. The maximum atomic E-state index is 12.2. The Morgan fingerprint density at radius 2 is 2.05 bits per heavy atom. The van der Waals surface area contributed by atoms with E-state index in [2.05, 4.69) is 23.3 Å². The molecule has 1 amide bonds. The lowest BCUT2D eigenvalue weighted by Gasteiger charge is -2.19. The van der Waals surface area contributed by atoms with Crippen LogP contribution in [0.2, 0.25) is 0 Å². The Hall–Kier alpha value is -1.72. The van der Waals surface area contributed by atoms with Crippen LogP contribution < -0.4 is 5.32 Å². The lowest BCUT2D eigenvalue weighted by Crippen LogP contribution is -2.40. The number of nitrogens with one attached hydrogen (secondary N) is 1. The maximum absolute atomic E-state index is 12.2. The molecule has 3 rings (SSSR count). The number of rotatable bonds is 3. The normalized spacial score (nSPS) is 16.9. The van der Waals surface area contributed by atoms with E-state index < -0.39 is 5.60 Å². The minimum absolute atomic E-state index is 0.328. The van der Waals surface area contributed by atoms with Crippen LogP contribution in [0.15, 0.2) is 30.5 Å². The van der Waals surface area contributed by atoms with E-state index in [0.29, 0.717) is 18.0 Å². The third-order valence-electron chi connectivity index (χ3n) is 3.99. The van der Waals surface area contributed by atoms with Crippen LogP contribution in [-0.4, -0.2) is 21.6 Å². The van der Waals surface area contributed by atoms with Crippen molar-refractivity contribution >= 4 is 22.4 Å². The Balaban J connectivity index is 1.77. The summed E-state index contributed by atoms with van der Waals surface area (Å²) >= 11 is 1.43. The molecule has 1 aromatic carbocycles. The molecule has 4 nitrogen and oxygen atoms in total. The van der Waals surface area contributed by atoms with Crippen molar-refractivity contribution in [1.82, 2.24) is 4.98 Å². The van der Waals surface area contributed by atoms with E-state index in [-0.39, 0.29) is 5.91 Å². The molecule has 21 heavy (non-hydrogen) atoms. The Kier molecular flexibility index (Phi) is 3.78. The van der Waals surface area contributed by atoms with Gasteiger partial charge in [-0.15, -0.1) is 0 Å². The van der Waals surface area contributed by atoms with Crippen molar-refractivity contribution in [1.29, 1.82) is 0 Å². The number of aliphatic hydroxyl groups is 1. The van der Waals surface area contributed by atoms with Gasteiger partial charge in [0.1, 0.15) is 5.60 Å². The number of carbonyl (C=O) groups excluding carboxylic acids is 1. The first-order valence-electron chi connectivity index (χ1n) is 7.14. The zero-order chi connectivity index (χ0) is 14.9. The molecule has 110 valence electrons. The van der Waals surface area contributed by atoms with Crippen LogP contribution in [0.3, 0.4) is 0 Å². The highest BCUT2D eigenvalue weighted by Gasteiger charge is 2.39. The molecule has 0 radical (unpaired) electrons. The summed E-state index contributed by atoms with van der Waals surface area (Å²) in [4.78, 5) is 17.4. The predicted molar refractivity (Wildman–Crippen MR) is 84.3 cm³/mol. The Labute approximate surface area is 127 Å². The van der Waals surface area contributed by atoms with Crippen molar-refractivity contribution in [3.05, 3.63) is 36.0 Å². The van der Waals surface area contributed by atoms with Gasteiger partial charge < -0.3 is 5.11 Å². The fourth-order valence-electron chi connectivity index (χ4n) is 2.71. The van der Waals surface area contributed by atoms with Crippen LogP contribution in [0.1, 0.15) is 31.2 Å². The first-order chi connectivity index (χ1) is 10.1. The smallest absolute Gasteiger partial charge is 0.258 e. The first kappa shape index (κ1) is 14.2. The van der Waals surface area contributed by atoms with E-state index in [9.17, 15) is 9.90 Å². The summed E-state index contributed by atoms with van der Waals surface area (Å²) < 4.78 is 0. The fraction of sp³-hybridized carbons (Fsp3) is 0.375. The molecular formula is C16H18N2O2S. The standard InChI is InChI=1S/C16H18N2O2S/c1-11-6-2-3-7-12(11)13-10-17-15(21-13)18-14(19)16(20)8-4-5-9-16/h2-3,6-7,10,20H,4-5,8-9H2,1H3,(H,17,18,19). The van der Waals surface area contributed by atoms with E-state index in [1.54, 1.807) is 6.20 Å². The molecule has 1 heterocycles. The number of amides is 1. The van der Waals surface area contributed by atoms with E-state index in [1.807, 2.05) is 18.2 Å². The summed E-state index contributed by atoms with van der Waals surface area (Å²) in [5.74, 6) is -0.328. The molecule has 1 aromatic heterocycles. The van der Waals surface area contributed by atoms with Crippen LogP contribution in [0.4, 0.5) is 5.13 Å². The largest absolute Gasteiger partial charge is 0.380 e. The third-order valence-corrected chi connectivity index (χ3v) is 4.94. The number of nitrogens with zero attached hydrogens (tertiary/aromatic N) is 1. The van der Waals surface area contributed by atoms with Crippen molar-refractivity contribution in [2.45, 2.75) is 38.2 Å². The molecule has 0 unspecified atom stereocenters. The van der Waals surface area contributed by atoms with Crippen LogP contribution in [0.5, 0.6) is 0 Å². The second-order valence-electron chi connectivity index (χ2n) is 5.54. The van der Waals surface area contributed by atoms with Crippen LogP contribution in [0, 0.1) is 6.92 Å². The molecule has 0 bridgehead atoms. The zero-order valence-corrected chi connectivity index (χ0v) is 12.7. The SMILES string of the molecule is Cc1ccccc1-c1cnc(NC(=O)C2(O)CCCC2)s1. The Bertz CT molecular complexity index is 660. The Morgan fingerprint density at radius 1 is 1.33 bits per heavy atom. The molecule has 2 N–H and O–H groups in total. The number of aryl methyl sites for hydroxylation is 1. The van der Waals surface area contributed by atoms with Gasteiger partial charge in [-0.2, -0.15) is 0 Å². The molecule has 1 aliphatic rings. The quantitative estimate of drug-likeness (QED) is 0.914. The molecule has 0 saturated heterocycles. The molecule has 5 heteroatoms. The lowest BCUT2D eigenvalue weighted by atomic mass is 10.0. The van der Waals surface area contributed by atoms with Gasteiger partial charge in [0, 0.05) is 6.20 Å². The van der Waals surface area contributed by atoms with E-state index >= 15 is 0 Å². The summed E-state index contributed by atoms with van der Waals surface area (Å²) in [6.45, 7) is 2.05. The monoisotopic (exact) mass is 302 g/mol. The number of benzene rings is 1. The van der Waals surface area contributed by atoms with E-state index in [4.69, 9.17) is 0 Å². The maximum Gasteiger partial charge on any atom is 0.258 e. The van der Waals surface area contributed by atoms with Crippen molar-refractivity contribution < 1.29 is 9.90 Å². The third kappa shape index (κ3) is 2.84. The van der Waals surface area contributed by atoms with Gasteiger partial charge in [-0.1, -0.05) is 35.6 Å². The predicted octanol–water partition coefficient (Wildman–Crippen LogP) is 3.36. The molecule has 0 atom stereocenters.